The molecule has 1 unspecified atom stereocenters. The second kappa shape index (κ2) is 7.68. The molecular formula is C19H19ClN2O3. The number of imide groups is 1. The number of amides is 2. The van der Waals surface area contributed by atoms with Gasteiger partial charge >= 0.3 is 0 Å². The highest BCUT2D eigenvalue weighted by Gasteiger charge is 2.39. The molecule has 0 radical (unpaired) electrons. The van der Waals surface area contributed by atoms with E-state index in [0.717, 1.165) is 17.7 Å². The van der Waals surface area contributed by atoms with Crippen LogP contribution in [0, 0.1) is 0 Å². The number of rotatable bonds is 6. The van der Waals surface area contributed by atoms with Gasteiger partial charge in [0, 0.05) is 5.02 Å². The molecule has 0 saturated carbocycles. The molecule has 2 aromatic carbocycles. The van der Waals surface area contributed by atoms with Crippen LogP contribution < -0.4 is 15.0 Å². The van der Waals surface area contributed by atoms with Gasteiger partial charge in [0.2, 0.25) is 5.91 Å². The molecular weight excluding hydrogens is 340 g/mol. The number of anilines is 1. The van der Waals surface area contributed by atoms with Crippen LogP contribution in [-0.4, -0.2) is 31.5 Å². The number of methoxy groups -OCH3 is 1. The van der Waals surface area contributed by atoms with E-state index >= 15 is 0 Å². The van der Waals surface area contributed by atoms with E-state index in [1.54, 1.807) is 31.4 Å². The summed E-state index contributed by atoms with van der Waals surface area (Å²) in [5.41, 5.74) is 1.69. The van der Waals surface area contributed by atoms with Crippen LogP contribution in [-0.2, 0) is 16.0 Å². The second-order valence-electron chi connectivity index (χ2n) is 5.85. The van der Waals surface area contributed by atoms with Gasteiger partial charge in [-0.15, -0.1) is 0 Å². The third-order valence-corrected chi connectivity index (χ3v) is 4.45. The SMILES string of the molecule is COc1ccc(CCNC2CC(=O)N(c3ccc(Cl)cc3)C2=O)cc1. The largest absolute Gasteiger partial charge is 0.497 e. The Kier molecular flexibility index (Phi) is 5.36. The standard InChI is InChI=1S/C19H19ClN2O3/c1-25-16-8-2-13(3-9-16)10-11-21-17-12-18(23)22(19(17)24)15-6-4-14(20)5-7-15/h2-9,17,21H,10-12H2,1H3. The van der Waals surface area contributed by atoms with Crippen LogP contribution in [0.3, 0.4) is 0 Å². The molecule has 0 spiro atoms. The molecule has 1 aliphatic rings. The summed E-state index contributed by atoms with van der Waals surface area (Å²) in [6.07, 6.45) is 0.937. The van der Waals surface area contributed by atoms with Gasteiger partial charge in [0.05, 0.1) is 25.3 Å². The maximum atomic E-state index is 12.5. The van der Waals surface area contributed by atoms with E-state index in [9.17, 15) is 9.59 Å². The molecule has 6 heteroatoms. The molecule has 1 heterocycles. The first-order valence-electron chi connectivity index (χ1n) is 8.07. The van der Waals surface area contributed by atoms with Gasteiger partial charge in [-0.25, -0.2) is 4.90 Å². The molecule has 2 aromatic rings. The first-order chi connectivity index (χ1) is 12.1. The normalized spacial score (nSPS) is 17.2. The average molecular weight is 359 g/mol. The van der Waals surface area contributed by atoms with Gasteiger partial charge in [-0.2, -0.15) is 0 Å². The first kappa shape index (κ1) is 17.5. The van der Waals surface area contributed by atoms with Crippen LogP contribution in [0.5, 0.6) is 5.75 Å². The Morgan fingerprint density at radius 2 is 1.80 bits per heavy atom. The van der Waals surface area contributed by atoms with Gasteiger partial charge in [0.15, 0.2) is 0 Å². The number of hydrogen-bond donors (Lipinski definition) is 1. The molecule has 1 fully saturated rings. The lowest BCUT2D eigenvalue weighted by Crippen LogP contribution is -2.39. The topological polar surface area (TPSA) is 58.6 Å². The van der Waals surface area contributed by atoms with Crippen LogP contribution in [0.15, 0.2) is 48.5 Å². The lowest BCUT2D eigenvalue weighted by molar-refractivity contribution is -0.121. The summed E-state index contributed by atoms with van der Waals surface area (Å²) < 4.78 is 5.13. The van der Waals surface area contributed by atoms with Gasteiger partial charge < -0.3 is 10.1 Å². The Balaban J connectivity index is 1.57. The van der Waals surface area contributed by atoms with Crippen molar-refractivity contribution in [3.05, 3.63) is 59.1 Å². The predicted octanol–water partition coefficient (Wildman–Crippen LogP) is 2.81. The van der Waals surface area contributed by atoms with Crippen LogP contribution in [0.25, 0.3) is 0 Å². The summed E-state index contributed by atoms with van der Waals surface area (Å²) in [5, 5.41) is 3.75. The first-order valence-corrected chi connectivity index (χ1v) is 8.45. The zero-order chi connectivity index (χ0) is 17.8. The molecule has 1 saturated heterocycles. The van der Waals surface area contributed by atoms with E-state index < -0.39 is 6.04 Å². The molecule has 25 heavy (non-hydrogen) atoms. The molecule has 0 aliphatic carbocycles. The second-order valence-corrected chi connectivity index (χ2v) is 6.29. The van der Waals surface area contributed by atoms with Gasteiger partial charge in [-0.1, -0.05) is 23.7 Å². The molecule has 0 bridgehead atoms. The summed E-state index contributed by atoms with van der Waals surface area (Å²) in [6, 6.07) is 14.0. The van der Waals surface area contributed by atoms with E-state index in [4.69, 9.17) is 16.3 Å². The van der Waals surface area contributed by atoms with Crippen LogP contribution in [0.4, 0.5) is 5.69 Å². The molecule has 1 aliphatic heterocycles. The Bertz CT molecular complexity index is 759. The van der Waals surface area contributed by atoms with Crippen molar-refractivity contribution in [2.24, 2.45) is 0 Å². The zero-order valence-corrected chi connectivity index (χ0v) is 14.6. The van der Waals surface area contributed by atoms with E-state index in [1.807, 2.05) is 24.3 Å². The minimum atomic E-state index is -0.485. The summed E-state index contributed by atoms with van der Waals surface area (Å²) in [5.74, 6) is 0.392. The van der Waals surface area contributed by atoms with Crippen molar-refractivity contribution in [3.63, 3.8) is 0 Å². The molecule has 130 valence electrons. The van der Waals surface area contributed by atoms with Crippen molar-refractivity contribution in [2.45, 2.75) is 18.9 Å². The maximum Gasteiger partial charge on any atom is 0.251 e. The summed E-state index contributed by atoms with van der Waals surface area (Å²) >= 11 is 5.86. The van der Waals surface area contributed by atoms with Crippen molar-refractivity contribution < 1.29 is 14.3 Å². The number of benzene rings is 2. The number of carbonyl (C=O) groups is 2. The Labute approximate surface area is 151 Å². The monoisotopic (exact) mass is 358 g/mol. The van der Waals surface area contributed by atoms with Crippen LogP contribution >= 0.6 is 11.6 Å². The van der Waals surface area contributed by atoms with Crippen LogP contribution in [0.1, 0.15) is 12.0 Å². The molecule has 0 aromatic heterocycles. The number of nitrogens with zero attached hydrogens (tertiary/aromatic N) is 1. The molecule has 5 nitrogen and oxygen atoms in total. The molecule has 1 atom stereocenters. The third-order valence-electron chi connectivity index (χ3n) is 4.19. The fraction of sp³-hybridized carbons (Fsp3) is 0.263. The molecule has 3 rings (SSSR count). The number of nitrogens with one attached hydrogen (secondary N) is 1. The highest BCUT2D eigenvalue weighted by Crippen LogP contribution is 2.24. The van der Waals surface area contributed by atoms with Crippen molar-refractivity contribution >= 4 is 29.1 Å². The minimum Gasteiger partial charge on any atom is -0.497 e. The predicted molar refractivity (Wildman–Crippen MR) is 97.1 cm³/mol. The third kappa shape index (κ3) is 4.00. The van der Waals surface area contributed by atoms with Gasteiger partial charge in [0.1, 0.15) is 5.75 Å². The average Bonchev–Trinajstić information content (AvgIpc) is 2.90. The summed E-state index contributed by atoms with van der Waals surface area (Å²) in [6.45, 7) is 0.616. The highest BCUT2D eigenvalue weighted by molar-refractivity contribution is 6.30. The Morgan fingerprint density at radius 1 is 1.12 bits per heavy atom. The van der Waals surface area contributed by atoms with Gasteiger partial charge in [-0.05, 0) is 54.9 Å². The van der Waals surface area contributed by atoms with Gasteiger partial charge in [-0.3, -0.25) is 9.59 Å². The van der Waals surface area contributed by atoms with Gasteiger partial charge in [0.25, 0.3) is 5.91 Å². The van der Waals surface area contributed by atoms with E-state index in [-0.39, 0.29) is 18.2 Å². The van der Waals surface area contributed by atoms with Crippen molar-refractivity contribution in [2.75, 3.05) is 18.6 Å². The Morgan fingerprint density at radius 3 is 2.44 bits per heavy atom. The lowest BCUT2D eigenvalue weighted by atomic mass is 10.1. The number of hydrogen-bond acceptors (Lipinski definition) is 4. The summed E-state index contributed by atoms with van der Waals surface area (Å²) in [7, 11) is 1.63. The summed E-state index contributed by atoms with van der Waals surface area (Å²) in [4.78, 5) is 25.9. The number of carbonyl (C=O) groups excluding carboxylic acids is 2. The quantitative estimate of drug-likeness (QED) is 0.807. The van der Waals surface area contributed by atoms with E-state index in [2.05, 4.69) is 5.32 Å². The fourth-order valence-electron chi connectivity index (χ4n) is 2.84. The number of ether oxygens (including phenoxy) is 1. The van der Waals surface area contributed by atoms with Crippen molar-refractivity contribution in [1.29, 1.82) is 0 Å². The van der Waals surface area contributed by atoms with Crippen molar-refractivity contribution in [1.82, 2.24) is 5.32 Å². The van der Waals surface area contributed by atoms with Crippen LogP contribution in [0.2, 0.25) is 5.02 Å². The Hall–Kier alpha value is -2.37. The lowest BCUT2D eigenvalue weighted by Gasteiger charge is -2.15. The van der Waals surface area contributed by atoms with E-state index in [1.165, 1.54) is 4.90 Å². The molecule has 1 N–H and O–H groups in total. The smallest absolute Gasteiger partial charge is 0.251 e. The zero-order valence-electron chi connectivity index (χ0n) is 13.9. The highest BCUT2D eigenvalue weighted by atomic mass is 35.5. The number of halogens is 1. The maximum absolute atomic E-state index is 12.5. The molecule has 2 amide bonds. The fourth-order valence-corrected chi connectivity index (χ4v) is 2.96. The van der Waals surface area contributed by atoms with E-state index in [0.29, 0.717) is 17.3 Å². The minimum absolute atomic E-state index is 0.171. The van der Waals surface area contributed by atoms with Crippen molar-refractivity contribution in [3.8, 4) is 5.75 Å².